The molecule has 28 heavy (non-hydrogen) atoms. The first-order valence-electron chi connectivity index (χ1n) is 9.67. The summed E-state index contributed by atoms with van der Waals surface area (Å²) in [5, 5.41) is 0. The molecule has 0 aliphatic heterocycles. The van der Waals surface area contributed by atoms with Gasteiger partial charge in [0.05, 0.1) is 6.61 Å². The fraction of sp³-hybridized carbons (Fsp3) is 0.842. The van der Waals surface area contributed by atoms with Crippen LogP contribution in [0.25, 0.3) is 0 Å². The maximum Gasteiger partial charge on any atom is 0.187 e. The Hall–Kier alpha value is -0.910. The number of ether oxygens (including phenoxy) is 8. The second-order valence-corrected chi connectivity index (χ2v) is 5.72. The quantitative estimate of drug-likeness (QED) is 0.264. The molecule has 0 aromatic heterocycles. The van der Waals surface area contributed by atoms with E-state index in [0.717, 1.165) is 0 Å². The number of carbonyl (C=O) groups is 1. The van der Waals surface area contributed by atoms with Crippen LogP contribution < -0.4 is 0 Å². The molecule has 0 amide bonds. The molecule has 9 heteroatoms. The lowest BCUT2D eigenvalue weighted by atomic mass is 9.90. The van der Waals surface area contributed by atoms with Crippen LogP contribution in [-0.2, 0) is 42.7 Å². The first kappa shape index (κ1) is 25.1. The van der Waals surface area contributed by atoms with Gasteiger partial charge in [0.2, 0.25) is 0 Å². The second kappa shape index (κ2) is 15.9. The third-order valence-electron chi connectivity index (χ3n) is 3.83. The molecule has 3 atom stereocenters. The molecule has 1 aliphatic carbocycles. The van der Waals surface area contributed by atoms with Crippen molar-refractivity contribution in [3.8, 4) is 0 Å². The van der Waals surface area contributed by atoms with Gasteiger partial charge in [0, 0.05) is 26.4 Å². The van der Waals surface area contributed by atoms with Crippen LogP contribution in [0.1, 0.15) is 27.7 Å². The maximum absolute atomic E-state index is 12.7. The van der Waals surface area contributed by atoms with Crippen molar-refractivity contribution < 1.29 is 42.7 Å². The van der Waals surface area contributed by atoms with Crippen molar-refractivity contribution in [1.82, 2.24) is 0 Å². The molecule has 9 nitrogen and oxygen atoms in total. The summed E-state index contributed by atoms with van der Waals surface area (Å²) in [5.74, 6) is -0.243. The lowest BCUT2D eigenvalue weighted by Crippen LogP contribution is -2.52. The molecule has 1 rings (SSSR count). The fourth-order valence-electron chi connectivity index (χ4n) is 2.48. The molecule has 0 N–H and O–H groups in total. The molecule has 1 aliphatic rings. The van der Waals surface area contributed by atoms with Gasteiger partial charge < -0.3 is 37.9 Å². The van der Waals surface area contributed by atoms with Crippen LogP contribution in [0.4, 0.5) is 0 Å². The second-order valence-electron chi connectivity index (χ2n) is 5.72. The Kier molecular flexibility index (Phi) is 14.3. The van der Waals surface area contributed by atoms with E-state index >= 15 is 0 Å². The van der Waals surface area contributed by atoms with Crippen LogP contribution in [0, 0.1) is 0 Å². The summed E-state index contributed by atoms with van der Waals surface area (Å²) >= 11 is 0. The summed E-state index contributed by atoms with van der Waals surface area (Å²) in [6.45, 7) is 9.74. The zero-order valence-corrected chi connectivity index (χ0v) is 17.3. The Labute approximate surface area is 167 Å². The Balaban J connectivity index is 2.93. The van der Waals surface area contributed by atoms with Crippen molar-refractivity contribution in [3.63, 3.8) is 0 Å². The van der Waals surface area contributed by atoms with E-state index in [4.69, 9.17) is 37.9 Å². The number of carbonyl (C=O) groups excluding carboxylic acids is 1. The standard InChI is InChI=1S/C19H34O9/c1-5-21-11-25-10-15-9-16(20)18(27-13-23-7-3)19(28-14-24-8-4)17(15)26-12-22-6-2/h9,17-19H,5-8,10-14H2,1-4H3/t17-,18+,19+/m1/s1. The summed E-state index contributed by atoms with van der Waals surface area (Å²) in [6.07, 6.45) is -0.734. The van der Waals surface area contributed by atoms with Crippen LogP contribution in [0.2, 0.25) is 0 Å². The molecule has 0 heterocycles. The van der Waals surface area contributed by atoms with Crippen LogP contribution in [0.15, 0.2) is 11.6 Å². The van der Waals surface area contributed by atoms with Gasteiger partial charge in [-0.05, 0) is 39.3 Å². The van der Waals surface area contributed by atoms with E-state index < -0.39 is 18.3 Å². The van der Waals surface area contributed by atoms with E-state index in [-0.39, 0.29) is 39.6 Å². The molecule has 0 unspecified atom stereocenters. The van der Waals surface area contributed by atoms with Crippen molar-refractivity contribution in [3.05, 3.63) is 11.6 Å². The van der Waals surface area contributed by atoms with E-state index in [1.165, 1.54) is 6.08 Å². The van der Waals surface area contributed by atoms with Crippen LogP contribution >= 0.6 is 0 Å². The molecular weight excluding hydrogens is 372 g/mol. The lowest BCUT2D eigenvalue weighted by Gasteiger charge is -2.36. The molecule has 0 aromatic rings. The van der Waals surface area contributed by atoms with Crippen molar-refractivity contribution in [2.24, 2.45) is 0 Å². The van der Waals surface area contributed by atoms with E-state index in [1.54, 1.807) is 0 Å². The Morgan fingerprint density at radius 3 is 1.75 bits per heavy atom. The van der Waals surface area contributed by atoms with Crippen molar-refractivity contribution in [1.29, 1.82) is 0 Å². The SMILES string of the molecule is CCOCOCC1=CC(=O)[C@H](OCOCC)[C@@H](OCOCC)[C@@H]1OCOCC. The monoisotopic (exact) mass is 406 g/mol. The predicted molar refractivity (Wildman–Crippen MR) is 99.6 cm³/mol. The smallest absolute Gasteiger partial charge is 0.187 e. The van der Waals surface area contributed by atoms with Crippen LogP contribution in [0.5, 0.6) is 0 Å². The highest BCUT2D eigenvalue weighted by Gasteiger charge is 2.42. The number of rotatable bonds is 17. The lowest BCUT2D eigenvalue weighted by molar-refractivity contribution is -0.209. The Morgan fingerprint density at radius 2 is 1.18 bits per heavy atom. The van der Waals surface area contributed by atoms with E-state index in [1.807, 2.05) is 27.7 Å². The Bertz CT molecular complexity index is 441. The van der Waals surface area contributed by atoms with Gasteiger partial charge in [0.15, 0.2) is 11.9 Å². The first-order chi connectivity index (χ1) is 13.7. The predicted octanol–water partition coefficient (Wildman–Crippen LogP) is 1.64. The molecule has 0 bridgehead atoms. The number of ketones is 1. The normalized spacial score (nSPS) is 22.5. The zero-order valence-electron chi connectivity index (χ0n) is 17.3. The summed E-state index contributed by atoms with van der Waals surface area (Å²) in [7, 11) is 0. The van der Waals surface area contributed by atoms with E-state index in [9.17, 15) is 4.79 Å². The molecule has 0 saturated carbocycles. The molecule has 0 fully saturated rings. The minimum Gasteiger partial charge on any atom is -0.356 e. The summed E-state index contributed by atoms with van der Waals surface area (Å²) < 4.78 is 43.8. The molecule has 0 saturated heterocycles. The highest BCUT2D eigenvalue weighted by atomic mass is 16.7. The van der Waals surface area contributed by atoms with Gasteiger partial charge in [-0.25, -0.2) is 0 Å². The Morgan fingerprint density at radius 1 is 0.679 bits per heavy atom. The summed E-state index contributed by atoms with van der Waals surface area (Å²) in [5.41, 5.74) is 0.627. The van der Waals surface area contributed by atoms with Gasteiger partial charge in [0.1, 0.15) is 39.4 Å². The van der Waals surface area contributed by atoms with Gasteiger partial charge in [0.25, 0.3) is 0 Å². The molecule has 0 aromatic carbocycles. The summed E-state index contributed by atoms with van der Waals surface area (Å²) in [6, 6.07) is 0. The average molecular weight is 406 g/mol. The molecular formula is C19H34O9. The van der Waals surface area contributed by atoms with Crippen molar-refractivity contribution in [2.45, 2.75) is 46.0 Å². The van der Waals surface area contributed by atoms with Gasteiger partial charge >= 0.3 is 0 Å². The summed E-state index contributed by atoms with van der Waals surface area (Å²) in [4.78, 5) is 12.7. The number of hydrogen-bond acceptors (Lipinski definition) is 9. The minimum atomic E-state index is -0.880. The molecule has 164 valence electrons. The third-order valence-corrected chi connectivity index (χ3v) is 3.83. The van der Waals surface area contributed by atoms with Crippen LogP contribution in [-0.4, -0.2) is 84.3 Å². The topological polar surface area (TPSA) is 90.9 Å². The van der Waals surface area contributed by atoms with E-state index in [0.29, 0.717) is 32.0 Å². The van der Waals surface area contributed by atoms with Gasteiger partial charge in [-0.2, -0.15) is 0 Å². The third kappa shape index (κ3) is 9.06. The number of hydrogen-bond donors (Lipinski definition) is 0. The highest BCUT2D eigenvalue weighted by Crippen LogP contribution is 2.26. The average Bonchev–Trinajstić information content (AvgIpc) is 2.69. The maximum atomic E-state index is 12.7. The van der Waals surface area contributed by atoms with Crippen LogP contribution in [0.3, 0.4) is 0 Å². The van der Waals surface area contributed by atoms with E-state index in [2.05, 4.69) is 0 Å². The highest BCUT2D eigenvalue weighted by molar-refractivity contribution is 5.96. The van der Waals surface area contributed by atoms with Crippen molar-refractivity contribution >= 4 is 5.78 Å². The van der Waals surface area contributed by atoms with Crippen molar-refractivity contribution in [2.75, 3.05) is 60.2 Å². The van der Waals surface area contributed by atoms with Gasteiger partial charge in [-0.3, -0.25) is 4.79 Å². The largest absolute Gasteiger partial charge is 0.356 e. The first-order valence-corrected chi connectivity index (χ1v) is 9.67. The van der Waals surface area contributed by atoms with Gasteiger partial charge in [-0.1, -0.05) is 0 Å². The molecule has 0 radical (unpaired) electrons. The zero-order chi connectivity index (χ0) is 20.6. The minimum absolute atomic E-state index is 0.00448. The molecule has 0 spiro atoms. The van der Waals surface area contributed by atoms with Gasteiger partial charge in [-0.15, -0.1) is 0 Å². The fourth-order valence-corrected chi connectivity index (χ4v) is 2.48.